The summed E-state index contributed by atoms with van der Waals surface area (Å²) in [6.45, 7) is 10.8. The molecule has 0 bridgehead atoms. The summed E-state index contributed by atoms with van der Waals surface area (Å²) in [4.78, 5) is 6.58. The Labute approximate surface area is 161 Å². The molecular formula is C21H28N4O2. The van der Waals surface area contributed by atoms with Crippen LogP contribution in [0.2, 0.25) is 0 Å². The number of nitriles is 1. The van der Waals surface area contributed by atoms with Gasteiger partial charge in [0.1, 0.15) is 11.8 Å². The summed E-state index contributed by atoms with van der Waals surface area (Å²) in [5, 5.41) is 12.4. The molecule has 144 valence electrons. The van der Waals surface area contributed by atoms with Gasteiger partial charge in [0.25, 0.3) is 0 Å². The highest BCUT2D eigenvalue weighted by Gasteiger charge is 2.11. The molecule has 2 aromatic rings. The Balaban J connectivity index is 1.93. The first kappa shape index (κ1) is 20.5. The van der Waals surface area contributed by atoms with Crippen LogP contribution in [0.5, 0.6) is 5.75 Å². The minimum Gasteiger partial charge on any atom is -0.494 e. The molecule has 0 radical (unpaired) electrons. The molecule has 1 heterocycles. The van der Waals surface area contributed by atoms with Crippen molar-refractivity contribution in [1.82, 2.24) is 9.88 Å². The lowest BCUT2D eigenvalue weighted by Gasteiger charge is -2.17. The number of hydrogen-bond acceptors (Lipinski definition) is 6. The van der Waals surface area contributed by atoms with Crippen LogP contribution in [0.25, 0.3) is 12.2 Å². The maximum absolute atomic E-state index is 9.26. The monoisotopic (exact) mass is 368 g/mol. The van der Waals surface area contributed by atoms with Gasteiger partial charge in [-0.3, -0.25) is 0 Å². The van der Waals surface area contributed by atoms with Crippen molar-refractivity contribution in [2.24, 2.45) is 0 Å². The maximum atomic E-state index is 9.26. The van der Waals surface area contributed by atoms with Crippen molar-refractivity contribution in [2.75, 3.05) is 38.1 Å². The highest BCUT2D eigenvalue weighted by atomic mass is 16.5. The third kappa shape index (κ3) is 6.46. The number of anilines is 1. The van der Waals surface area contributed by atoms with E-state index < -0.39 is 0 Å². The zero-order valence-electron chi connectivity index (χ0n) is 16.4. The summed E-state index contributed by atoms with van der Waals surface area (Å²) in [6, 6.07) is 9.84. The van der Waals surface area contributed by atoms with Crippen molar-refractivity contribution >= 4 is 18.0 Å². The third-order valence-corrected chi connectivity index (χ3v) is 4.19. The van der Waals surface area contributed by atoms with E-state index in [4.69, 9.17) is 9.15 Å². The van der Waals surface area contributed by atoms with Gasteiger partial charge >= 0.3 is 0 Å². The number of nitrogens with one attached hydrogen (secondary N) is 1. The number of hydrogen-bond donors (Lipinski definition) is 1. The number of rotatable bonds is 11. The van der Waals surface area contributed by atoms with Crippen molar-refractivity contribution < 1.29 is 9.15 Å². The largest absolute Gasteiger partial charge is 0.494 e. The molecule has 0 saturated carbocycles. The normalized spacial score (nSPS) is 11.1. The van der Waals surface area contributed by atoms with Gasteiger partial charge in [-0.25, -0.2) is 0 Å². The first-order valence-corrected chi connectivity index (χ1v) is 9.48. The van der Waals surface area contributed by atoms with Gasteiger partial charge in [-0.2, -0.15) is 10.2 Å². The van der Waals surface area contributed by atoms with Crippen LogP contribution >= 0.6 is 0 Å². The first-order valence-electron chi connectivity index (χ1n) is 9.48. The average molecular weight is 368 g/mol. The van der Waals surface area contributed by atoms with Crippen LogP contribution < -0.4 is 10.1 Å². The molecule has 27 heavy (non-hydrogen) atoms. The molecule has 6 heteroatoms. The zero-order valence-corrected chi connectivity index (χ0v) is 16.4. The van der Waals surface area contributed by atoms with Gasteiger partial charge in [-0.05, 0) is 56.8 Å². The summed E-state index contributed by atoms with van der Waals surface area (Å²) in [7, 11) is 0. The van der Waals surface area contributed by atoms with Gasteiger partial charge in [0.15, 0.2) is 0 Å². The molecule has 0 fully saturated rings. The predicted octanol–water partition coefficient (Wildman–Crippen LogP) is 4.26. The van der Waals surface area contributed by atoms with E-state index in [1.807, 2.05) is 37.3 Å². The van der Waals surface area contributed by atoms with E-state index >= 15 is 0 Å². The zero-order chi connectivity index (χ0) is 19.5. The number of ether oxygens (including phenoxy) is 1. The van der Waals surface area contributed by atoms with E-state index in [2.05, 4.69) is 35.1 Å². The van der Waals surface area contributed by atoms with Crippen LogP contribution in [0, 0.1) is 11.3 Å². The Hall–Kier alpha value is -2.78. The van der Waals surface area contributed by atoms with Crippen molar-refractivity contribution in [3.8, 4) is 11.8 Å². The summed E-state index contributed by atoms with van der Waals surface area (Å²) in [6.07, 6.45) is 4.63. The lowest BCUT2D eigenvalue weighted by Crippen LogP contribution is -2.25. The Kier molecular flexibility index (Phi) is 8.40. The maximum Gasteiger partial charge on any atom is 0.232 e. The topological polar surface area (TPSA) is 74.3 Å². The average Bonchev–Trinajstić information content (AvgIpc) is 3.10. The van der Waals surface area contributed by atoms with Gasteiger partial charge in [0.05, 0.1) is 6.61 Å². The van der Waals surface area contributed by atoms with E-state index in [9.17, 15) is 5.26 Å². The molecule has 0 spiro atoms. The molecule has 1 aromatic heterocycles. The van der Waals surface area contributed by atoms with Crippen LogP contribution in [0.4, 0.5) is 5.88 Å². The molecule has 1 N–H and O–H groups in total. The molecule has 0 unspecified atom stereocenters. The van der Waals surface area contributed by atoms with Gasteiger partial charge in [0, 0.05) is 12.6 Å². The van der Waals surface area contributed by atoms with Crippen molar-refractivity contribution in [2.45, 2.75) is 27.2 Å². The summed E-state index contributed by atoms with van der Waals surface area (Å²) >= 11 is 0. The van der Waals surface area contributed by atoms with Gasteiger partial charge in [0.2, 0.25) is 17.5 Å². The molecule has 0 aliphatic carbocycles. The fourth-order valence-corrected chi connectivity index (χ4v) is 2.66. The Morgan fingerprint density at radius 1 is 1.19 bits per heavy atom. The molecule has 0 saturated heterocycles. The molecule has 0 aliphatic rings. The van der Waals surface area contributed by atoms with E-state index in [0.717, 1.165) is 43.9 Å². The quantitative estimate of drug-likeness (QED) is 0.597. The molecule has 6 nitrogen and oxygen atoms in total. The second kappa shape index (κ2) is 11.0. The van der Waals surface area contributed by atoms with E-state index in [1.165, 1.54) is 0 Å². The van der Waals surface area contributed by atoms with E-state index in [1.54, 1.807) is 6.08 Å². The van der Waals surface area contributed by atoms with Crippen molar-refractivity contribution in [1.29, 1.82) is 5.26 Å². The van der Waals surface area contributed by atoms with Crippen LogP contribution in [-0.2, 0) is 0 Å². The number of benzene rings is 1. The third-order valence-electron chi connectivity index (χ3n) is 4.19. The van der Waals surface area contributed by atoms with Crippen molar-refractivity contribution in [3.63, 3.8) is 0 Å². The summed E-state index contributed by atoms with van der Waals surface area (Å²) in [5.74, 6) is 1.68. The first-order chi connectivity index (χ1) is 13.2. The van der Waals surface area contributed by atoms with Crippen LogP contribution in [0.1, 0.15) is 44.3 Å². The molecule has 1 aromatic carbocycles. The molecule has 0 atom stereocenters. The van der Waals surface area contributed by atoms with Crippen LogP contribution in [0.3, 0.4) is 0 Å². The highest BCUT2D eigenvalue weighted by Crippen LogP contribution is 2.19. The van der Waals surface area contributed by atoms with E-state index in [-0.39, 0.29) is 5.69 Å². The summed E-state index contributed by atoms with van der Waals surface area (Å²) < 4.78 is 11.1. The number of oxazole rings is 1. The second-order valence-electron chi connectivity index (χ2n) is 5.98. The highest BCUT2D eigenvalue weighted by molar-refractivity contribution is 5.67. The van der Waals surface area contributed by atoms with Gasteiger partial charge in [-0.15, -0.1) is 0 Å². The minimum atomic E-state index is 0.282. The smallest absolute Gasteiger partial charge is 0.232 e. The molecule has 0 amide bonds. The summed E-state index contributed by atoms with van der Waals surface area (Å²) in [5.41, 5.74) is 1.29. The molecule has 2 rings (SSSR count). The lowest BCUT2D eigenvalue weighted by molar-refractivity contribution is 0.302. The SMILES string of the molecule is CCOc1ccc(C=Cc2nc(C#N)c(NCCCN(CC)CC)o2)cc1. The standard InChI is InChI=1S/C21H28N4O2/c1-4-25(5-2)15-7-14-23-21-19(16-22)24-20(27-21)13-10-17-8-11-18(12-9-17)26-6-3/h8-13,23H,4-7,14-15H2,1-3H3. The Bertz CT molecular complexity index is 755. The van der Waals surface area contributed by atoms with Crippen LogP contribution in [0.15, 0.2) is 28.7 Å². The van der Waals surface area contributed by atoms with Crippen LogP contribution in [-0.4, -0.2) is 42.7 Å². The minimum absolute atomic E-state index is 0.282. The second-order valence-corrected chi connectivity index (χ2v) is 5.98. The van der Waals surface area contributed by atoms with Crippen molar-refractivity contribution in [3.05, 3.63) is 41.4 Å². The fourth-order valence-electron chi connectivity index (χ4n) is 2.66. The Morgan fingerprint density at radius 3 is 2.56 bits per heavy atom. The number of nitrogens with zero attached hydrogens (tertiary/aromatic N) is 3. The Morgan fingerprint density at radius 2 is 1.93 bits per heavy atom. The predicted molar refractivity (Wildman–Crippen MR) is 109 cm³/mol. The van der Waals surface area contributed by atoms with Gasteiger partial charge < -0.3 is 19.4 Å². The molecular weight excluding hydrogens is 340 g/mol. The number of aromatic nitrogens is 1. The van der Waals surface area contributed by atoms with E-state index in [0.29, 0.717) is 18.4 Å². The fraction of sp³-hybridized carbons (Fsp3) is 0.429. The lowest BCUT2D eigenvalue weighted by atomic mass is 10.2. The van der Waals surface area contributed by atoms with Gasteiger partial charge in [-0.1, -0.05) is 26.0 Å². The molecule has 0 aliphatic heterocycles.